The van der Waals surface area contributed by atoms with Gasteiger partial charge in [0, 0.05) is 35.6 Å². The SMILES string of the molecule is CCOC(=O)C1CCCCN1C(=O)C=Cc1ccc(Sc2ccc3c(c2)CCOO3)c([N+](=O)[O-])c1. The summed E-state index contributed by atoms with van der Waals surface area (Å²) < 4.78 is 5.11. The summed E-state index contributed by atoms with van der Waals surface area (Å²) in [5, 5.41) is 11.8. The Morgan fingerprint density at radius 3 is 2.91 bits per heavy atom. The van der Waals surface area contributed by atoms with Gasteiger partial charge < -0.3 is 14.5 Å². The van der Waals surface area contributed by atoms with E-state index < -0.39 is 16.9 Å². The molecule has 2 aromatic rings. The average molecular weight is 499 g/mol. The van der Waals surface area contributed by atoms with Gasteiger partial charge in [0.2, 0.25) is 5.91 Å². The molecule has 0 radical (unpaired) electrons. The molecule has 2 aliphatic rings. The third-order valence-corrected chi connectivity index (χ3v) is 6.86. The fraction of sp³-hybridized carbons (Fsp3) is 0.360. The Hall–Kier alpha value is -3.37. The normalized spacial score (nSPS) is 17.5. The highest BCUT2D eigenvalue weighted by Crippen LogP contribution is 2.38. The number of nitrogens with zero attached hydrogens (tertiary/aromatic N) is 2. The first-order chi connectivity index (χ1) is 17.0. The first-order valence-electron chi connectivity index (χ1n) is 11.5. The predicted molar refractivity (Wildman–Crippen MR) is 129 cm³/mol. The van der Waals surface area contributed by atoms with Gasteiger partial charge in [-0.25, -0.2) is 4.79 Å². The third kappa shape index (κ3) is 6.01. The van der Waals surface area contributed by atoms with Gasteiger partial charge in [0.05, 0.1) is 23.0 Å². The van der Waals surface area contributed by atoms with E-state index >= 15 is 0 Å². The molecule has 0 aliphatic carbocycles. The highest BCUT2D eigenvalue weighted by molar-refractivity contribution is 7.99. The Kier molecular flexibility index (Phi) is 8.04. The van der Waals surface area contributed by atoms with E-state index in [-0.39, 0.29) is 18.2 Å². The van der Waals surface area contributed by atoms with Crippen molar-refractivity contribution >= 4 is 35.4 Å². The van der Waals surface area contributed by atoms with E-state index in [9.17, 15) is 19.7 Å². The van der Waals surface area contributed by atoms with Gasteiger partial charge in [-0.1, -0.05) is 17.8 Å². The molecule has 0 aromatic heterocycles. The van der Waals surface area contributed by atoms with Crippen LogP contribution in [0.5, 0.6) is 5.75 Å². The van der Waals surface area contributed by atoms with Crippen molar-refractivity contribution in [3.8, 4) is 5.75 Å². The molecule has 9 nitrogen and oxygen atoms in total. The average Bonchev–Trinajstić information content (AvgIpc) is 2.87. The minimum Gasteiger partial charge on any atom is -0.464 e. The van der Waals surface area contributed by atoms with Gasteiger partial charge in [-0.2, -0.15) is 4.89 Å². The maximum absolute atomic E-state index is 12.8. The first kappa shape index (κ1) is 24.7. The van der Waals surface area contributed by atoms with Crippen molar-refractivity contribution < 1.29 is 29.0 Å². The molecule has 0 saturated carbocycles. The number of likely N-dealkylation sites (tertiary alicyclic amines) is 1. The number of benzene rings is 2. The van der Waals surface area contributed by atoms with Crippen molar-refractivity contribution in [2.75, 3.05) is 19.8 Å². The summed E-state index contributed by atoms with van der Waals surface area (Å²) in [7, 11) is 0. The summed E-state index contributed by atoms with van der Waals surface area (Å²) in [5.41, 5.74) is 1.46. The zero-order chi connectivity index (χ0) is 24.8. The smallest absolute Gasteiger partial charge is 0.328 e. The monoisotopic (exact) mass is 498 g/mol. The molecule has 1 atom stereocenters. The van der Waals surface area contributed by atoms with E-state index in [0.717, 1.165) is 23.3 Å². The largest absolute Gasteiger partial charge is 0.464 e. The number of hydrogen-bond donors (Lipinski definition) is 0. The minimum atomic E-state index is -0.595. The van der Waals surface area contributed by atoms with Crippen LogP contribution in [0.4, 0.5) is 5.69 Å². The number of nitro benzene ring substituents is 1. The number of fused-ring (bicyclic) bond motifs is 1. The van der Waals surface area contributed by atoms with E-state index in [2.05, 4.69) is 0 Å². The molecule has 0 spiro atoms. The minimum absolute atomic E-state index is 0.0516. The number of hydrogen-bond acceptors (Lipinski definition) is 8. The summed E-state index contributed by atoms with van der Waals surface area (Å²) in [6, 6.07) is 9.81. The van der Waals surface area contributed by atoms with Crippen LogP contribution in [0.2, 0.25) is 0 Å². The van der Waals surface area contributed by atoms with E-state index in [4.69, 9.17) is 14.5 Å². The topological polar surface area (TPSA) is 108 Å². The van der Waals surface area contributed by atoms with Gasteiger partial charge in [0.15, 0.2) is 5.75 Å². The van der Waals surface area contributed by atoms with Crippen LogP contribution >= 0.6 is 11.8 Å². The van der Waals surface area contributed by atoms with Gasteiger partial charge in [-0.05, 0) is 62.1 Å². The molecule has 35 heavy (non-hydrogen) atoms. The summed E-state index contributed by atoms with van der Waals surface area (Å²) >= 11 is 1.29. The zero-order valence-corrected chi connectivity index (χ0v) is 20.1. The van der Waals surface area contributed by atoms with Crippen LogP contribution in [0.3, 0.4) is 0 Å². The lowest BCUT2D eigenvalue weighted by molar-refractivity contribution is -0.387. The third-order valence-electron chi connectivity index (χ3n) is 5.81. The molecular weight excluding hydrogens is 472 g/mol. The Morgan fingerprint density at radius 1 is 1.26 bits per heavy atom. The van der Waals surface area contributed by atoms with E-state index in [1.807, 2.05) is 12.1 Å². The van der Waals surface area contributed by atoms with Gasteiger partial charge >= 0.3 is 5.97 Å². The summed E-state index contributed by atoms with van der Waals surface area (Å²) in [6.45, 7) is 2.92. The lowest BCUT2D eigenvalue weighted by atomic mass is 10.0. The Labute approximate surface area is 207 Å². The number of carbonyl (C=O) groups excluding carboxylic acids is 2. The molecule has 1 saturated heterocycles. The van der Waals surface area contributed by atoms with Crippen LogP contribution in [-0.2, 0) is 25.6 Å². The highest BCUT2D eigenvalue weighted by atomic mass is 32.2. The van der Waals surface area contributed by atoms with Crippen LogP contribution in [0.1, 0.15) is 37.3 Å². The summed E-state index contributed by atoms with van der Waals surface area (Å²) in [5.74, 6) is -0.0597. The lowest BCUT2D eigenvalue weighted by Gasteiger charge is -2.33. The Bertz CT molecular complexity index is 1150. The molecule has 0 N–H and O–H groups in total. The number of ether oxygens (including phenoxy) is 1. The second kappa shape index (κ2) is 11.4. The lowest BCUT2D eigenvalue weighted by Crippen LogP contribution is -2.48. The van der Waals surface area contributed by atoms with E-state index in [1.165, 1.54) is 34.9 Å². The second-order valence-electron chi connectivity index (χ2n) is 8.14. The van der Waals surface area contributed by atoms with E-state index in [0.29, 0.717) is 42.2 Å². The molecule has 184 valence electrons. The molecule has 2 heterocycles. The van der Waals surface area contributed by atoms with Crippen molar-refractivity contribution in [2.24, 2.45) is 0 Å². The summed E-state index contributed by atoms with van der Waals surface area (Å²) in [4.78, 5) is 49.4. The van der Waals surface area contributed by atoms with Crippen LogP contribution in [0.25, 0.3) is 6.08 Å². The van der Waals surface area contributed by atoms with Crippen LogP contribution < -0.4 is 4.89 Å². The number of esters is 1. The maximum atomic E-state index is 12.8. The number of amides is 1. The number of carbonyl (C=O) groups is 2. The molecule has 1 fully saturated rings. The van der Waals surface area contributed by atoms with Gasteiger partial charge in [0.25, 0.3) is 5.69 Å². The van der Waals surface area contributed by atoms with Crippen LogP contribution in [-0.4, -0.2) is 47.5 Å². The van der Waals surface area contributed by atoms with Crippen molar-refractivity contribution in [2.45, 2.75) is 48.4 Å². The highest BCUT2D eigenvalue weighted by Gasteiger charge is 2.32. The predicted octanol–water partition coefficient (Wildman–Crippen LogP) is 4.57. The second-order valence-corrected chi connectivity index (χ2v) is 9.26. The number of nitro groups is 1. The fourth-order valence-corrected chi connectivity index (χ4v) is 5.05. The maximum Gasteiger partial charge on any atom is 0.328 e. The molecule has 1 unspecified atom stereocenters. The molecule has 0 bridgehead atoms. The van der Waals surface area contributed by atoms with Gasteiger partial charge in [-0.3, -0.25) is 14.9 Å². The van der Waals surface area contributed by atoms with Crippen molar-refractivity contribution in [1.82, 2.24) is 4.90 Å². The fourth-order valence-electron chi connectivity index (χ4n) is 4.09. The van der Waals surface area contributed by atoms with Crippen molar-refractivity contribution in [3.63, 3.8) is 0 Å². The van der Waals surface area contributed by atoms with Crippen molar-refractivity contribution in [3.05, 3.63) is 63.7 Å². The molecule has 10 heteroatoms. The van der Waals surface area contributed by atoms with E-state index in [1.54, 1.807) is 25.1 Å². The Balaban J connectivity index is 1.50. The molecule has 4 rings (SSSR count). The molecule has 1 amide bonds. The van der Waals surface area contributed by atoms with Gasteiger partial charge in [-0.15, -0.1) is 0 Å². The summed E-state index contributed by atoms with van der Waals surface area (Å²) in [6.07, 6.45) is 5.84. The molecular formula is C25H26N2O7S. The quantitative estimate of drug-likeness (QED) is 0.180. The zero-order valence-electron chi connectivity index (χ0n) is 19.3. The van der Waals surface area contributed by atoms with Crippen molar-refractivity contribution in [1.29, 1.82) is 0 Å². The Morgan fingerprint density at radius 2 is 2.11 bits per heavy atom. The molecule has 2 aromatic carbocycles. The standard InChI is InChI=1S/C25H26N2O7S/c1-2-32-25(29)20-5-3-4-13-26(20)24(28)11-7-17-6-10-23(21(15-17)27(30)31)35-19-8-9-22-18(16-19)12-14-33-34-22/h6-11,15-16,20H,2-5,12-14H2,1H3. The van der Waals surface area contributed by atoms with Gasteiger partial charge in [0.1, 0.15) is 6.04 Å². The number of rotatable bonds is 7. The van der Waals surface area contributed by atoms with Crippen LogP contribution in [0.15, 0.2) is 52.3 Å². The number of piperidine rings is 1. The molecule has 2 aliphatic heterocycles. The van der Waals surface area contributed by atoms with Crippen LogP contribution in [0, 0.1) is 10.1 Å². The first-order valence-corrected chi connectivity index (χ1v) is 12.3.